The lowest BCUT2D eigenvalue weighted by molar-refractivity contribution is 0.0694. The highest BCUT2D eigenvalue weighted by molar-refractivity contribution is 5.89. The number of pyridine rings is 1. The van der Waals surface area contributed by atoms with Crippen LogP contribution in [0.3, 0.4) is 0 Å². The van der Waals surface area contributed by atoms with Gasteiger partial charge in [0.25, 0.3) is 0 Å². The Morgan fingerprint density at radius 3 is 2.57 bits per heavy atom. The molecule has 5 heteroatoms. The van der Waals surface area contributed by atoms with Gasteiger partial charge in [0.15, 0.2) is 0 Å². The molecule has 4 nitrogen and oxygen atoms in total. The topological polar surface area (TPSA) is 59.4 Å². The zero-order chi connectivity index (χ0) is 15.6. The summed E-state index contributed by atoms with van der Waals surface area (Å²) in [7, 11) is 1.45. The lowest BCUT2D eigenvalue weighted by Gasteiger charge is -2.13. The predicted octanol–water partition coefficient (Wildman–Crippen LogP) is 3.72. The van der Waals surface area contributed by atoms with E-state index < -0.39 is 11.8 Å². The summed E-state index contributed by atoms with van der Waals surface area (Å²) in [6.07, 6.45) is 0. The monoisotopic (exact) mass is 289 g/mol. The third-order valence-electron chi connectivity index (χ3n) is 3.15. The first kappa shape index (κ1) is 15.0. The van der Waals surface area contributed by atoms with E-state index in [0.29, 0.717) is 17.1 Å². The van der Waals surface area contributed by atoms with E-state index >= 15 is 0 Å². The third kappa shape index (κ3) is 2.86. The highest BCUT2D eigenvalue weighted by Gasteiger charge is 2.19. The predicted molar refractivity (Wildman–Crippen MR) is 77.2 cm³/mol. The van der Waals surface area contributed by atoms with E-state index in [9.17, 15) is 14.3 Å². The van der Waals surface area contributed by atoms with Crippen molar-refractivity contribution >= 4 is 5.97 Å². The molecule has 1 N–H and O–H groups in total. The SMILES string of the molecule is COc1cccc(F)c1-c1ccc(C(=O)O)c(C(C)C)n1. The molecule has 0 spiro atoms. The largest absolute Gasteiger partial charge is 0.496 e. The van der Waals surface area contributed by atoms with Gasteiger partial charge in [-0.1, -0.05) is 19.9 Å². The van der Waals surface area contributed by atoms with Gasteiger partial charge in [0.05, 0.1) is 29.6 Å². The molecule has 0 unspecified atom stereocenters. The maximum absolute atomic E-state index is 14.1. The lowest BCUT2D eigenvalue weighted by Crippen LogP contribution is -2.07. The van der Waals surface area contributed by atoms with Crippen LogP contribution < -0.4 is 4.74 Å². The molecule has 0 radical (unpaired) electrons. The molecular weight excluding hydrogens is 273 g/mol. The van der Waals surface area contributed by atoms with E-state index in [4.69, 9.17) is 4.74 Å². The number of methoxy groups -OCH3 is 1. The Hall–Kier alpha value is -2.43. The van der Waals surface area contributed by atoms with Gasteiger partial charge in [-0.3, -0.25) is 4.98 Å². The molecule has 0 amide bonds. The minimum Gasteiger partial charge on any atom is -0.496 e. The Bertz CT molecular complexity index is 683. The second-order valence-electron chi connectivity index (χ2n) is 4.91. The van der Waals surface area contributed by atoms with Crippen LogP contribution in [0.2, 0.25) is 0 Å². The summed E-state index contributed by atoms with van der Waals surface area (Å²) < 4.78 is 19.2. The van der Waals surface area contributed by atoms with Crippen molar-refractivity contribution in [2.75, 3.05) is 7.11 Å². The van der Waals surface area contributed by atoms with Crippen molar-refractivity contribution in [3.8, 4) is 17.0 Å². The van der Waals surface area contributed by atoms with Gasteiger partial charge < -0.3 is 9.84 Å². The standard InChI is InChI=1S/C16H16FNO3/c1-9(2)15-10(16(19)20)7-8-12(18-15)14-11(17)5-4-6-13(14)21-3/h4-9H,1-3H3,(H,19,20). The molecule has 0 aliphatic carbocycles. The summed E-state index contributed by atoms with van der Waals surface area (Å²) >= 11 is 0. The Morgan fingerprint density at radius 1 is 1.29 bits per heavy atom. The number of ether oxygens (including phenoxy) is 1. The molecule has 0 bridgehead atoms. The van der Waals surface area contributed by atoms with Gasteiger partial charge >= 0.3 is 5.97 Å². The molecule has 1 aromatic carbocycles. The van der Waals surface area contributed by atoms with Gasteiger partial charge in [-0.05, 0) is 30.2 Å². The minimum atomic E-state index is -1.04. The molecular formula is C16H16FNO3. The van der Waals surface area contributed by atoms with Crippen LogP contribution in [0.25, 0.3) is 11.3 Å². The quantitative estimate of drug-likeness (QED) is 0.932. The average molecular weight is 289 g/mol. The summed E-state index contributed by atoms with van der Waals surface area (Å²) in [4.78, 5) is 15.6. The first-order valence-electron chi connectivity index (χ1n) is 6.52. The number of nitrogens with zero attached hydrogens (tertiary/aromatic N) is 1. The van der Waals surface area contributed by atoms with E-state index in [1.54, 1.807) is 12.1 Å². The van der Waals surface area contributed by atoms with Gasteiger partial charge in [0.2, 0.25) is 0 Å². The van der Waals surface area contributed by atoms with Crippen LogP contribution in [-0.2, 0) is 0 Å². The smallest absolute Gasteiger partial charge is 0.337 e. The van der Waals surface area contributed by atoms with Crippen molar-refractivity contribution in [3.05, 3.63) is 47.4 Å². The van der Waals surface area contributed by atoms with E-state index in [2.05, 4.69) is 4.98 Å². The summed E-state index contributed by atoms with van der Waals surface area (Å²) in [6, 6.07) is 7.45. The number of hydrogen-bond donors (Lipinski definition) is 1. The second kappa shape index (κ2) is 5.91. The van der Waals surface area contributed by atoms with Gasteiger partial charge in [0, 0.05) is 0 Å². The van der Waals surface area contributed by atoms with Crippen LogP contribution in [0.4, 0.5) is 4.39 Å². The number of halogens is 1. The molecule has 2 rings (SSSR count). The first-order valence-corrected chi connectivity index (χ1v) is 6.52. The fraction of sp³-hybridized carbons (Fsp3) is 0.250. The van der Waals surface area contributed by atoms with Crippen LogP contribution in [0.5, 0.6) is 5.75 Å². The highest BCUT2D eigenvalue weighted by atomic mass is 19.1. The van der Waals surface area contributed by atoms with Crippen molar-refractivity contribution in [1.29, 1.82) is 0 Å². The Morgan fingerprint density at radius 2 is 2.00 bits per heavy atom. The number of benzene rings is 1. The normalized spacial score (nSPS) is 10.7. The van der Waals surface area contributed by atoms with Gasteiger partial charge in [-0.15, -0.1) is 0 Å². The summed E-state index contributed by atoms with van der Waals surface area (Å²) in [5, 5.41) is 9.19. The summed E-state index contributed by atoms with van der Waals surface area (Å²) in [6.45, 7) is 3.69. The van der Waals surface area contributed by atoms with Crippen molar-refractivity contribution in [3.63, 3.8) is 0 Å². The number of carbonyl (C=O) groups is 1. The minimum absolute atomic E-state index is 0.0891. The van der Waals surface area contributed by atoms with Crippen LogP contribution >= 0.6 is 0 Å². The Kier molecular flexibility index (Phi) is 4.21. The van der Waals surface area contributed by atoms with Gasteiger partial charge in [-0.25, -0.2) is 9.18 Å². The molecule has 0 aliphatic rings. The molecule has 0 aliphatic heterocycles. The highest BCUT2D eigenvalue weighted by Crippen LogP contribution is 2.32. The Balaban J connectivity index is 2.67. The zero-order valence-corrected chi connectivity index (χ0v) is 12.1. The number of carboxylic acids is 1. The fourth-order valence-electron chi connectivity index (χ4n) is 2.16. The fourth-order valence-corrected chi connectivity index (χ4v) is 2.16. The van der Waals surface area contributed by atoms with E-state index in [1.807, 2.05) is 13.8 Å². The van der Waals surface area contributed by atoms with Crippen molar-refractivity contribution in [2.24, 2.45) is 0 Å². The van der Waals surface area contributed by atoms with Crippen molar-refractivity contribution in [2.45, 2.75) is 19.8 Å². The molecule has 1 heterocycles. The first-order chi connectivity index (χ1) is 9.95. The van der Waals surface area contributed by atoms with E-state index in [0.717, 1.165) is 0 Å². The molecule has 0 fully saturated rings. The number of rotatable bonds is 4. The number of aromatic nitrogens is 1. The van der Waals surface area contributed by atoms with Gasteiger partial charge in [-0.2, -0.15) is 0 Å². The summed E-state index contributed by atoms with van der Waals surface area (Å²) in [5.41, 5.74) is 1.15. The average Bonchev–Trinajstić information content (AvgIpc) is 2.46. The zero-order valence-electron chi connectivity index (χ0n) is 12.1. The molecule has 0 saturated heterocycles. The second-order valence-corrected chi connectivity index (χ2v) is 4.91. The molecule has 0 saturated carbocycles. The molecule has 2 aromatic rings. The van der Waals surface area contributed by atoms with Crippen LogP contribution in [-0.4, -0.2) is 23.2 Å². The Labute approximate surface area is 122 Å². The van der Waals surface area contributed by atoms with Crippen LogP contribution in [0.1, 0.15) is 35.8 Å². The molecule has 110 valence electrons. The summed E-state index contributed by atoms with van der Waals surface area (Å²) in [5.74, 6) is -1.23. The van der Waals surface area contributed by atoms with Crippen molar-refractivity contribution < 1.29 is 19.0 Å². The maximum atomic E-state index is 14.1. The number of hydrogen-bond acceptors (Lipinski definition) is 3. The van der Waals surface area contributed by atoms with Crippen molar-refractivity contribution in [1.82, 2.24) is 4.98 Å². The van der Waals surface area contributed by atoms with E-state index in [1.165, 1.54) is 25.3 Å². The lowest BCUT2D eigenvalue weighted by atomic mass is 10.0. The van der Waals surface area contributed by atoms with Crippen LogP contribution in [0, 0.1) is 5.82 Å². The molecule has 0 atom stereocenters. The van der Waals surface area contributed by atoms with Gasteiger partial charge in [0.1, 0.15) is 11.6 Å². The third-order valence-corrected chi connectivity index (χ3v) is 3.15. The number of carboxylic acid groups (broad SMARTS) is 1. The number of aromatic carboxylic acids is 1. The van der Waals surface area contributed by atoms with E-state index in [-0.39, 0.29) is 17.0 Å². The molecule has 21 heavy (non-hydrogen) atoms. The molecule has 1 aromatic heterocycles. The van der Waals surface area contributed by atoms with Crippen LogP contribution in [0.15, 0.2) is 30.3 Å². The maximum Gasteiger partial charge on any atom is 0.337 e.